The second-order valence-corrected chi connectivity index (χ2v) is 3.08. The Hall–Kier alpha value is -0.830. The van der Waals surface area contributed by atoms with E-state index in [1.807, 2.05) is 6.07 Å². The average Bonchev–Trinajstić information content (AvgIpc) is 2.75. The van der Waals surface area contributed by atoms with Crippen LogP contribution in [0.25, 0.3) is 0 Å². The van der Waals surface area contributed by atoms with Crippen LogP contribution in [0.4, 0.5) is 0 Å². The molecule has 0 N–H and O–H groups in total. The molecule has 1 aromatic heterocycles. The Labute approximate surface area is 71.7 Å². The lowest BCUT2D eigenvalue weighted by Gasteiger charge is -2.01. The zero-order valence-corrected chi connectivity index (χ0v) is 7.25. The maximum absolute atomic E-state index is 5.46. The molecule has 3 heteroatoms. The van der Waals surface area contributed by atoms with Crippen LogP contribution in [0.5, 0.6) is 0 Å². The number of aryl methyl sites for hydroxylation is 1. The van der Waals surface area contributed by atoms with Gasteiger partial charge in [0.2, 0.25) is 0 Å². The minimum absolute atomic E-state index is 0.165. The molecule has 12 heavy (non-hydrogen) atoms. The second kappa shape index (κ2) is 3.27. The first-order chi connectivity index (χ1) is 5.90. The molecular formula is C9H13NO2. The van der Waals surface area contributed by atoms with Crippen LogP contribution in [-0.4, -0.2) is 11.8 Å². The summed E-state index contributed by atoms with van der Waals surface area (Å²) in [6, 6.07) is 2.00. The van der Waals surface area contributed by atoms with Gasteiger partial charge in [-0.2, -0.15) is 0 Å². The van der Waals surface area contributed by atoms with Crippen LogP contribution in [0.2, 0.25) is 0 Å². The van der Waals surface area contributed by atoms with Crippen molar-refractivity contribution in [1.29, 1.82) is 0 Å². The fraction of sp³-hybridized carbons (Fsp3) is 0.667. The van der Waals surface area contributed by atoms with Crippen LogP contribution in [0.3, 0.4) is 0 Å². The van der Waals surface area contributed by atoms with Gasteiger partial charge < -0.3 is 9.26 Å². The fourth-order valence-electron chi connectivity index (χ4n) is 1.45. The molecule has 1 aliphatic rings. The topological polar surface area (TPSA) is 35.3 Å². The summed E-state index contributed by atoms with van der Waals surface area (Å²) < 4.78 is 10.6. The minimum atomic E-state index is 0.165. The molecule has 0 aromatic carbocycles. The lowest BCUT2D eigenvalue weighted by atomic mass is 10.2. The number of rotatable bonds is 2. The summed E-state index contributed by atoms with van der Waals surface area (Å²) >= 11 is 0. The smallest absolute Gasteiger partial charge is 0.165 e. The van der Waals surface area contributed by atoms with Gasteiger partial charge in [0.1, 0.15) is 6.10 Å². The van der Waals surface area contributed by atoms with Gasteiger partial charge in [-0.1, -0.05) is 12.1 Å². The minimum Gasteiger partial charge on any atom is -0.370 e. The molecule has 3 nitrogen and oxygen atoms in total. The van der Waals surface area contributed by atoms with Crippen LogP contribution < -0.4 is 0 Å². The van der Waals surface area contributed by atoms with Gasteiger partial charge in [-0.25, -0.2) is 0 Å². The van der Waals surface area contributed by atoms with E-state index in [4.69, 9.17) is 9.26 Å². The van der Waals surface area contributed by atoms with E-state index in [9.17, 15) is 0 Å². The third kappa shape index (κ3) is 1.37. The largest absolute Gasteiger partial charge is 0.370 e. The predicted octanol–water partition coefficient (Wildman–Crippen LogP) is 2.09. The number of hydrogen-bond acceptors (Lipinski definition) is 3. The van der Waals surface area contributed by atoms with Crippen LogP contribution in [0.15, 0.2) is 10.6 Å². The highest BCUT2D eigenvalue weighted by molar-refractivity contribution is 5.08. The van der Waals surface area contributed by atoms with E-state index < -0.39 is 0 Å². The highest BCUT2D eigenvalue weighted by atomic mass is 16.5. The van der Waals surface area contributed by atoms with Crippen LogP contribution in [-0.2, 0) is 11.2 Å². The normalized spacial score (nSPS) is 23.2. The van der Waals surface area contributed by atoms with Crippen LogP contribution in [0, 0.1) is 0 Å². The molecule has 0 bridgehead atoms. The van der Waals surface area contributed by atoms with Gasteiger partial charge in [0.25, 0.3) is 0 Å². The fourth-order valence-corrected chi connectivity index (χ4v) is 1.45. The van der Waals surface area contributed by atoms with E-state index in [0.29, 0.717) is 0 Å². The van der Waals surface area contributed by atoms with Gasteiger partial charge in [0, 0.05) is 12.7 Å². The molecule has 1 saturated heterocycles. The zero-order chi connectivity index (χ0) is 8.39. The Balaban J connectivity index is 2.11. The molecule has 1 unspecified atom stereocenters. The molecule has 0 aliphatic carbocycles. The summed E-state index contributed by atoms with van der Waals surface area (Å²) in [5, 5.41) is 3.92. The summed E-state index contributed by atoms with van der Waals surface area (Å²) in [5.74, 6) is 0.893. The summed E-state index contributed by atoms with van der Waals surface area (Å²) in [5.41, 5.74) is 1.01. The molecule has 0 spiro atoms. The lowest BCUT2D eigenvalue weighted by Crippen LogP contribution is -1.92. The van der Waals surface area contributed by atoms with Crippen molar-refractivity contribution in [3.05, 3.63) is 17.5 Å². The molecule has 0 saturated carbocycles. The summed E-state index contributed by atoms with van der Waals surface area (Å²) in [7, 11) is 0. The Kier molecular flexibility index (Phi) is 2.13. The van der Waals surface area contributed by atoms with E-state index >= 15 is 0 Å². The van der Waals surface area contributed by atoms with Crippen molar-refractivity contribution in [2.75, 3.05) is 6.61 Å². The van der Waals surface area contributed by atoms with Crippen molar-refractivity contribution in [2.45, 2.75) is 32.3 Å². The van der Waals surface area contributed by atoms with Gasteiger partial charge >= 0.3 is 0 Å². The van der Waals surface area contributed by atoms with Crippen molar-refractivity contribution in [1.82, 2.24) is 5.16 Å². The Morgan fingerprint density at radius 2 is 2.58 bits per heavy atom. The van der Waals surface area contributed by atoms with Crippen molar-refractivity contribution < 1.29 is 9.26 Å². The molecule has 66 valence electrons. The molecular weight excluding hydrogens is 154 g/mol. The molecule has 0 radical (unpaired) electrons. The van der Waals surface area contributed by atoms with Gasteiger partial charge in [0.15, 0.2) is 5.76 Å². The molecule has 1 fully saturated rings. The van der Waals surface area contributed by atoms with Gasteiger partial charge in [-0.15, -0.1) is 0 Å². The van der Waals surface area contributed by atoms with E-state index in [1.54, 1.807) is 0 Å². The molecule has 1 atom stereocenters. The molecule has 2 heterocycles. The van der Waals surface area contributed by atoms with Crippen molar-refractivity contribution in [3.63, 3.8) is 0 Å². The average molecular weight is 167 g/mol. The van der Waals surface area contributed by atoms with Crippen molar-refractivity contribution in [3.8, 4) is 0 Å². The first kappa shape index (κ1) is 7.80. The third-order valence-corrected chi connectivity index (χ3v) is 2.19. The number of ether oxygens (including phenoxy) is 1. The van der Waals surface area contributed by atoms with Crippen molar-refractivity contribution in [2.24, 2.45) is 0 Å². The predicted molar refractivity (Wildman–Crippen MR) is 43.8 cm³/mol. The van der Waals surface area contributed by atoms with E-state index in [0.717, 1.165) is 37.3 Å². The Bertz CT molecular complexity index is 251. The first-order valence-corrected chi connectivity index (χ1v) is 4.47. The molecule has 0 amide bonds. The Morgan fingerprint density at radius 1 is 1.67 bits per heavy atom. The standard InChI is InChI=1S/C9H13NO2/c1-2-7-6-9(12-10-7)8-4-3-5-11-8/h6,8H,2-5H2,1H3. The lowest BCUT2D eigenvalue weighted by molar-refractivity contribution is 0.0877. The second-order valence-electron chi connectivity index (χ2n) is 3.08. The summed E-state index contributed by atoms with van der Waals surface area (Å²) in [4.78, 5) is 0. The Morgan fingerprint density at radius 3 is 3.17 bits per heavy atom. The van der Waals surface area contributed by atoms with Gasteiger partial charge in [-0.3, -0.25) is 0 Å². The molecule has 2 rings (SSSR count). The maximum atomic E-state index is 5.46. The monoisotopic (exact) mass is 167 g/mol. The number of hydrogen-bond donors (Lipinski definition) is 0. The summed E-state index contributed by atoms with van der Waals surface area (Å²) in [6.07, 6.45) is 3.29. The first-order valence-electron chi connectivity index (χ1n) is 4.47. The number of aromatic nitrogens is 1. The quantitative estimate of drug-likeness (QED) is 0.676. The van der Waals surface area contributed by atoms with Crippen molar-refractivity contribution >= 4 is 0 Å². The SMILES string of the molecule is CCc1cc(C2CCCO2)on1. The molecule has 1 aromatic rings. The van der Waals surface area contributed by atoms with E-state index in [2.05, 4.69) is 12.1 Å². The van der Waals surface area contributed by atoms with E-state index in [1.165, 1.54) is 0 Å². The highest BCUT2D eigenvalue weighted by Gasteiger charge is 2.21. The highest BCUT2D eigenvalue weighted by Crippen LogP contribution is 2.28. The summed E-state index contributed by atoms with van der Waals surface area (Å²) in [6.45, 7) is 2.92. The zero-order valence-electron chi connectivity index (χ0n) is 7.25. The van der Waals surface area contributed by atoms with Gasteiger partial charge in [0.05, 0.1) is 5.69 Å². The number of nitrogens with zero attached hydrogens (tertiary/aromatic N) is 1. The van der Waals surface area contributed by atoms with Gasteiger partial charge in [-0.05, 0) is 19.3 Å². The maximum Gasteiger partial charge on any atom is 0.165 e. The third-order valence-electron chi connectivity index (χ3n) is 2.19. The van der Waals surface area contributed by atoms with E-state index in [-0.39, 0.29) is 6.10 Å². The van der Waals surface area contributed by atoms with Crippen LogP contribution in [0.1, 0.15) is 37.3 Å². The van der Waals surface area contributed by atoms with Crippen LogP contribution >= 0.6 is 0 Å². The molecule has 1 aliphatic heterocycles.